The van der Waals surface area contributed by atoms with E-state index in [-0.39, 0.29) is 42.3 Å². The van der Waals surface area contributed by atoms with E-state index < -0.39 is 8.07 Å². The molecule has 0 saturated heterocycles. The molecule has 0 saturated carbocycles. The van der Waals surface area contributed by atoms with E-state index in [0.29, 0.717) is 0 Å². The van der Waals surface area contributed by atoms with Crippen LogP contribution in [0.15, 0.2) is 93.4 Å². The minimum absolute atomic E-state index is 0. The maximum Gasteiger partial charge on any atom is -1.00 e. The van der Waals surface area contributed by atoms with Crippen molar-refractivity contribution in [1.29, 1.82) is 0 Å². The average Bonchev–Trinajstić information content (AvgIpc) is 2.92. The van der Waals surface area contributed by atoms with Crippen LogP contribution in [0.5, 0.6) is 0 Å². The van der Waals surface area contributed by atoms with Crippen molar-refractivity contribution in [3.63, 3.8) is 0 Å². The van der Waals surface area contributed by atoms with Gasteiger partial charge in [0.15, 0.2) is 0 Å². The molecule has 0 radical (unpaired) electrons. The van der Waals surface area contributed by atoms with Crippen LogP contribution in [0, 0.1) is 20.8 Å². The van der Waals surface area contributed by atoms with Crippen LogP contribution < -0.4 is 52.8 Å². The largest absolute Gasteiger partial charge is 1.00 e. The Kier molecular flexibility index (Phi) is 11.0. The van der Waals surface area contributed by atoms with Crippen molar-refractivity contribution in [3.8, 4) is 0 Å². The van der Waals surface area contributed by atoms with Gasteiger partial charge in [-0.2, -0.15) is 0 Å². The van der Waals surface area contributed by atoms with Gasteiger partial charge in [-0.1, -0.05) is 0 Å². The molecule has 182 valence electrons. The zero-order valence-corrected chi connectivity index (χ0v) is 26.4. The maximum absolute atomic E-state index is 2.54. The van der Waals surface area contributed by atoms with Crippen LogP contribution in [-0.2, 0) is 20.4 Å². The monoisotopic (exact) mass is 574 g/mol. The van der Waals surface area contributed by atoms with Crippen molar-refractivity contribution in [1.82, 2.24) is 0 Å². The van der Waals surface area contributed by atoms with E-state index in [0.717, 1.165) is 0 Å². The molecule has 1 aliphatic rings. The standard InChI is InChI=1S/C30H33Si.3ClH.Ti/c1-21-13-15-28(16-14-21)31(27-11-9-8-10-12-27,29-18-22(2)17-23(3)19-29)30(7)20-24(4)25(5)26(30)6;;;;/h8-19H,1-7H3;3*1H;/q;;;;+3/p-3. The molecule has 4 rings (SSSR count). The second kappa shape index (κ2) is 12.0. The van der Waals surface area contributed by atoms with Crippen molar-refractivity contribution < 1.29 is 57.7 Å². The zero-order valence-electron chi connectivity index (χ0n) is 21.6. The fourth-order valence-electron chi connectivity index (χ4n) is 5.92. The summed E-state index contributed by atoms with van der Waals surface area (Å²) in [5.41, 5.74) is 8.47. The first-order valence-corrected chi connectivity index (χ1v) is 14.2. The van der Waals surface area contributed by atoms with Gasteiger partial charge >= 0.3 is 208 Å². The molecule has 0 spiro atoms. The van der Waals surface area contributed by atoms with Crippen molar-refractivity contribution in [2.45, 2.75) is 53.5 Å². The van der Waals surface area contributed by atoms with Crippen molar-refractivity contribution in [2.24, 2.45) is 0 Å². The van der Waals surface area contributed by atoms with Crippen LogP contribution in [0.4, 0.5) is 0 Å². The van der Waals surface area contributed by atoms with Crippen LogP contribution in [0.1, 0.15) is 44.4 Å². The van der Waals surface area contributed by atoms with E-state index in [1.54, 1.807) is 0 Å². The van der Waals surface area contributed by atoms with Crippen LogP contribution in [0.25, 0.3) is 0 Å². The smallest absolute Gasteiger partial charge is 1.00 e. The number of allylic oxidation sites excluding steroid dienone is 4. The van der Waals surface area contributed by atoms with Gasteiger partial charge in [0.25, 0.3) is 0 Å². The Balaban J connectivity index is 0.00000204. The van der Waals surface area contributed by atoms with Gasteiger partial charge in [0, 0.05) is 0 Å². The van der Waals surface area contributed by atoms with Gasteiger partial charge in [0.05, 0.1) is 0 Å². The van der Waals surface area contributed by atoms with Gasteiger partial charge in [0.2, 0.25) is 0 Å². The molecule has 2 atom stereocenters. The Morgan fingerprint density at radius 3 is 1.51 bits per heavy atom. The minimum atomic E-state index is -2.53. The Labute approximate surface area is 243 Å². The topological polar surface area (TPSA) is 0 Å². The molecule has 0 heterocycles. The molecule has 0 aromatic heterocycles. The third kappa shape index (κ3) is 4.93. The Hall–Kier alpha value is -1.06. The van der Waals surface area contributed by atoms with E-state index in [9.17, 15) is 0 Å². The fraction of sp³-hybridized carbons (Fsp3) is 0.267. The zero-order chi connectivity index (χ0) is 23.3. The van der Waals surface area contributed by atoms with Crippen LogP contribution in [0.3, 0.4) is 0 Å². The number of rotatable bonds is 4. The van der Waals surface area contributed by atoms with Crippen LogP contribution in [-0.4, -0.2) is 8.07 Å². The predicted octanol–water partition coefficient (Wildman–Crippen LogP) is -2.97. The van der Waals surface area contributed by atoms with Gasteiger partial charge < -0.3 is 37.2 Å². The molecule has 35 heavy (non-hydrogen) atoms. The average molecular weight is 576 g/mol. The first kappa shape index (κ1) is 32.0. The summed E-state index contributed by atoms with van der Waals surface area (Å²) < 4.78 is 1.53. The Bertz CT molecular complexity index is 1200. The minimum Gasteiger partial charge on any atom is -1.00 e. The van der Waals surface area contributed by atoms with Crippen LogP contribution >= 0.6 is 0 Å². The normalized spacial score (nSPS) is 18.9. The maximum atomic E-state index is 2.54. The van der Waals surface area contributed by atoms with E-state index in [1.807, 2.05) is 0 Å². The van der Waals surface area contributed by atoms with E-state index >= 15 is 0 Å². The molecular weight excluding hydrogens is 543 g/mol. The third-order valence-electron chi connectivity index (χ3n) is 7.85. The molecule has 0 N–H and O–H groups in total. The molecule has 0 aliphatic heterocycles. The second-order valence-corrected chi connectivity index (χ2v) is 14.7. The fourth-order valence-corrected chi connectivity index (χ4v) is 13.7. The Morgan fingerprint density at radius 1 is 0.571 bits per heavy atom. The first-order valence-electron chi connectivity index (χ1n) is 11.5. The number of halogens is 3. The summed E-state index contributed by atoms with van der Waals surface area (Å²) in [5.74, 6) is 0. The summed E-state index contributed by atoms with van der Waals surface area (Å²) in [7, 11) is -2.53. The van der Waals surface area contributed by atoms with E-state index in [2.05, 4.69) is 142 Å². The quantitative estimate of drug-likeness (QED) is 0.230. The number of hydrogen-bond donors (Lipinski definition) is 0. The van der Waals surface area contributed by atoms with Crippen molar-refractivity contribution in [2.75, 3.05) is 0 Å². The van der Waals surface area contributed by atoms with E-state index in [1.165, 1.54) is 52.8 Å². The Morgan fingerprint density at radius 2 is 1.06 bits per heavy atom. The van der Waals surface area contributed by atoms with Gasteiger partial charge in [0.1, 0.15) is 0 Å². The SMILES string of the molecule is CC1=C(C)C(C)([Si](c2ccccc2)(c2ccc(C)cc2)c2cc(C)cc(C)c2)[C]([Ti+3])=C1C.[Cl-].[Cl-].[Cl-]. The van der Waals surface area contributed by atoms with Gasteiger partial charge in [-0.3, -0.25) is 0 Å². The second-order valence-electron chi connectivity index (χ2n) is 9.73. The molecule has 0 fully saturated rings. The molecule has 3 aromatic rings. The van der Waals surface area contributed by atoms with Crippen molar-refractivity contribution in [3.05, 3.63) is 110 Å². The summed E-state index contributed by atoms with van der Waals surface area (Å²) in [4.78, 5) is 0. The van der Waals surface area contributed by atoms with Gasteiger partial charge in [-0.25, -0.2) is 0 Å². The van der Waals surface area contributed by atoms with E-state index in [4.69, 9.17) is 0 Å². The molecular formula is C30H33Cl3SiTi. The summed E-state index contributed by atoms with van der Waals surface area (Å²) in [6.07, 6.45) is 0. The first-order chi connectivity index (χ1) is 15.1. The summed E-state index contributed by atoms with van der Waals surface area (Å²) in [6, 6.07) is 28.1. The molecule has 0 nitrogen and oxygen atoms in total. The molecule has 1 aliphatic carbocycles. The summed E-state index contributed by atoms with van der Waals surface area (Å²) >= 11 is 2.39. The molecule has 0 amide bonds. The summed E-state index contributed by atoms with van der Waals surface area (Å²) in [5, 5.41) is 4.44. The molecule has 5 heteroatoms. The summed E-state index contributed by atoms with van der Waals surface area (Å²) in [6.45, 7) is 16.2. The third-order valence-corrected chi connectivity index (χ3v) is 15.3. The van der Waals surface area contributed by atoms with Crippen LogP contribution in [0.2, 0.25) is 5.04 Å². The number of hydrogen-bond acceptors (Lipinski definition) is 0. The molecule has 0 bridgehead atoms. The van der Waals surface area contributed by atoms with Crippen molar-refractivity contribution >= 4 is 23.6 Å². The number of aryl methyl sites for hydroxylation is 3. The van der Waals surface area contributed by atoms with Gasteiger partial charge in [-0.15, -0.1) is 0 Å². The number of benzene rings is 3. The molecule has 3 aromatic carbocycles. The predicted molar refractivity (Wildman–Crippen MR) is 138 cm³/mol. The van der Waals surface area contributed by atoms with Gasteiger partial charge in [-0.05, 0) is 0 Å². The molecule has 2 unspecified atom stereocenters.